The van der Waals surface area contributed by atoms with Crippen molar-refractivity contribution in [2.24, 2.45) is 5.73 Å². The molecular formula is C15H12FN2O2. The SMILES string of the molecule is COc1ccc2c(c1)N(c1ccccc1F)C(=O)[C]2N. The molecule has 1 aliphatic rings. The standard InChI is InChI=1S/C15H12FN2O2/c1-20-9-6-7-10-13(8-9)18(15(19)14(10)17)12-5-3-2-4-11(12)16/h2-8H,17H2,1H3. The number of para-hydroxylation sites is 1. The topological polar surface area (TPSA) is 55.6 Å². The maximum Gasteiger partial charge on any atom is 0.259 e. The molecule has 1 amide bonds. The number of nitrogens with zero attached hydrogens (tertiary/aromatic N) is 1. The summed E-state index contributed by atoms with van der Waals surface area (Å²) in [5.74, 6) is -0.338. The van der Waals surface area contributed by atoms with Crippen LogP contribution in [0.3, 0.4) is 0 Å². The van der Waals surface area contributed by atoms with E-state index in [1.165, 1.54) is 24.1 Å². The van der Waals surface area contributed by atoms with Crippen LogP contribution in [-0.2, 0) is 4.79 Å². The van der Waals surface area contributed by atoms with Gasteiger partial charge in [0, 0.05) is 11.6 Å². The molecule has 20 heavy (non-hydrogen) atoms. The maximum absolute atomic E-state index is 13.9. The second-order valence-corrected chi connectivity index (χ2v) is 4.39. The lowest BCUT2D eigenvalue weighted by Gasteiger charge is -2.18. The number of amides is 1. The number of carbonyl (C=O) groups is 1. The number of benzene rings is 2. The van der Waals surface area contributed by atoms with Gasteiger partial charge in [-0.3, -0.25) is 9.69 Å². The molecular weight excluding hydrogens is 259 g/mol. The average Bonchev–Trinajstić information content (AvgIpc) is 2.71. The minimum atomic E-state index is -0.482. The Morgan fingerprint density at radius 3 is 2.60 bits per heavy atom. The first-order chi connectivity index (χ1) is 9.63. The van der Waals surface area contributed by atoms with Crippen LogP contribution in [0.15, 0.2) is 42.5 Å². The number of fused-ring (bicyclic) bond motifs is 1. The fourth-order valence-corrected chi connectivity index (χ4v) is 2.27. The zero-order valence-electron chi connectivity index (χ0n) is 10.8. The third kappa shape index (κ3) is 1.75. The monoisotopic (exact) mass is 271 g/mol. The van der Waals surface area contributed by atoms with Gasteiger partial charge in [-0.05, 0) is 18.2 Å². The molecule has 0 spiro atoms. The Bertz CT molecular complexity index is 687. The molecule has 0 aromatic heterocycles. The van der Waals surface area contributed by atoms with Gasteiger partial charge in [0.1, 0.15) is 11.6 Å². The van der Waals surface area contributed by atoms with Gasteiger partial charge in [-0.2, -0.15) is 0 Å². The number of methoxy groups -OCH3 is 1. The number of hydrogen-bond donors (Lipinski definition) is 1. The zero-order valence-corrected chi connectivity index (χ0v) is 10.8. The number of hydrogen-bond acceptors (Lipinski definition) is 3. The van der Waals surface area contributed by atoms with E-state index in [0.717, 1.165) is 0 Å². The van der Waals surface area contributed by atoms with Crippen LogP contribution in [0.5, 0.6) is 5.75 Å². The highest BCUT2D eigenvalue weighted by molar-refractivity contribution is 6.16. The maximum atomic E-state index is 13.9. The lowest BCUT2D eigenvalue weighted by atomic mass is 10.1. The van der Waals surface area contributed by atoms with Crippen LogP contribution in [0, 0.1) is 11.9 Å². The van der Waals surface area contributed by atoms with Crippen LogP contribution in [0.4, 0.5) is 15.8 Å². The minimum Gasteiger partial charge on any atom is -0.497 e. The van der Waals surface area contributed by atoms with Crippen LogP contribution in [0.2, 0.25) is 0 Å². The molecule has 2 aromatic rings. The van der Waals surface area contributed by atoms with E-state index in [2.05, 4.69) is 0 Å². The second-order valence-electron chi connectivity index (χ2n) is 4.39. The van der Waals surface area contributed by atoms with Crippen molar-refractivity contribution in [3.05, 3.63) is 59.9 Å². The number of nitrogens with two attached hydrogens (primary N) is 1. The Kier molecular flexibility index (Phi) is 2.91. The van der Waals surface area contributed by atoms with Crippen molar-refractivity contribution in [1.29, 1.82) is 0 Å². The van der Waals surface area contributed by atoms with Crippen LogP contribution >= 0.6 is 0 Å². The molecule has 0 saturated carbocycles. The van der Waals surface area contributed by atoms with E-state index < -0.39 is 11.7 Å². The second kappa shape index (κ2) is 4.61. The predicted octanol–water partition coefficient (Wildman–Crippen LogP) is 2.35. The molecule has 0 fully saturated rings. The fraction of sp³-hybridized carbons (Fsp3) is 0.0667. The summed E-state index contributed by atoms with van der Waals surface area (Å²) in [6, 6.07) is 11.3. The highest BCUT2D eigenvalue weighted by Gasteiger charge is 2.38. The molecule has 4 nitrogen and oxygen atoms in total. The van der Waals surface area contributed by atoms with Crippen LogP contribution < -0.4 is 15.4 Å². The molecule has 1 aliphatic heterocycles. The summed E-state index contributed by atoms with van der Waals surface area (Å²) in [6.45, 7) is 0. The fourth-order valence-electron chi connectivity index (χ4n) is 2.27. The molecule has 101 valence electrons. The summed E-state index contributed by atoms with van der Waals surface area (Å²) in [5, 5.41) is 0. The Balaban J connectivity index is 2.19. The van der Waals surface area contributed by atoms with Crippen molar-refractivity contribution >= 4 is 17.3 Å². The summed E-state index contributed by atoms with van der Waals surface area (Å²) in [5.41, 5.74) is 7.10. The Hall–Kier alpha value is -2.40. The normalized spacial score (nSPS) is 14.6. The number of rotatable bonds is 2. The summed E-state index contributed by atoms with van der Waals surface area (Å²) >= 11 is 0. The molecule has 2 N–H and O–H groups in total. The molecule has 1 heterocycles. The van der Waals surface area contributed by atoms with Crippen molar-refractivity contribution in [2.45, 2.75) is 0 Å². The number of carbonyl (C=O) groups excluding carboxylic acids is 1. The Morgan fingerprint density at radius 1 is 1.15 bits per heavy atom. The third-order valence-corrected chi connectivity index (χ3v) is 3.26. The first-order valence-corrected chi connectivity index (χ1v) is 6.03. The molecule has 0 saturated heterocycles. The molecule has 3 rings (SSSR count). The number of anilines is 2. The van der Waals surface area contributed by atoms with E-state index in [4.69, 9.17) is 10.5 Å². The smallest absolute Gasteiger partial charge is 0.259 e. The number of halogens is 1. The summed E-state index contributed by atoms with van der Waals surface area (Å²) < 4.78 is 19.1. The van der Waals surface area contributed by atoms with Gasteiger partial charge in [0.2, 0.25) is 0 Å². The van der Waals surface area contributed by atoms with E-state index >= 15 is 0 Å². The van der Waals surface area contributed by atoms with Crippen molar-refractivity contribution in [1.82, 2.24) is 0 Å². The van der Waals surface area contributed by atoms with Crippen molar-refractivity contribution in [3.63, 3.8) is 0 Å². The van der Waals surface area contributed by atoms with E-state index in [0.29, 0.717) is 17.0 Å². The lowest BCUT2D eigenvalue weighted by Crippen LogP contribution is -2.29. The van der Waals surface area contributed by atoms with Gasteiger partial charge in [-0.25, -0.2) is 4.39 Å². The van der Waals surface area contributed by atoms with E-state index in [1.54, 1.807) is 30.3 Å². The summed E-state index contributed by atoms with van der Waals surface area (Å²) in [7, 11) is 1.53. The number of ether oxygens (including phenoxy) is 1. The van der Waals surface area contributed by atoms with Gasteiger partial charge in [0.15, 0.2) is 6.04 Å². The highest BCUT2D eigenvalue weighted by Crippen LogP contribution is 2.41. The van der Waals surface area contributed by atoms with E-state index in [1.807, 2.05) is 0 Å². The van der Waals surface area contributed by atoms with Gasteiger partial charge in [-0.1, -0.05) is 18.2 Å². The average molecular weight is 271 g/mol. The van der Waals surface area contributed by atoms with Gasteiger partial charge in [0.25, 0.3) is 5.91 Å². The van der Waals surface area contributed by atoms with Crippen molar-refractivity contribution < 1.29 is 13.9 Å². The quantitative estimate of drug-likeness (QED) is 0.912. The molecule has 2 aromatic carbocycles. The Labute approximate surface area is 115 Å². The van der Waals surface area contributed by atoms with Gasteiger partial charge in [-0.15, -0.1) is 0 Å². The first kappa shape index (κ1) is 12.6. The first-order valence-electron chi connectivity index (χ1n) is 6.03. The molecule has 0 unspecified atom stereocenters. The van der Waals surface area contributed by atoms with Crippen LogP contribution in [-0.4, -0.2) is 13.0 Å². The van der Waals surface area contributed by atoms with Gasteiger partial charge < -0.3 is 10.5 Å². The third-order valence-electron chi connectivity index (χ3n) is 3.26. The minimum absolute atomic E-state index is 0.103. The van der Waals surface area contributed by atoms with Crippen molar-refractivity contribution in [2.75, 3.05) is 12.0 Å². The predicted molar refractivity (Wildman–Crippen MR) is 73.1 cm³/mol. The molecule has 0 bridgehead atoms. The summed E-state index contributed by atoms with van der Waals surface area (Å²) in [4.78, 5) is 13.5. The van der Waals surface area contributed by atoms with E-state index in [9.17, 15) is 9.18 Å². The molecule has 1 radical (unpaired) electrons. The van der Waals surface area contributed by atoms with Crippen molar-refractivity contribution in [3.8, 4) is 5.75 Å². The Morgan fingerprint density at radius 2 is 1.90 bits per heavy atom. The van der Waals surface area contributed by atoms with Crippen LogP contribution in [0.25, 0.3) is 0 Å². The van der Waals surface area contributed by atoms with E-state index in [-0.39, 0.29) is 11.7 Å². The summed E-state index contributed by atoms with van der Waals surface area (Å²) in [6.07, 6.45) is 0. The molecule has 5 heteroatoms. The molecule has 0 aliphatic carbocycles. The van der Waals surface area contributed by atoms with Crippen LogP contribution in [0.1, 0.15) is 5.56 Å². The molecule has 0 atom stereocenters. The highest BCUT2D eigenvalue weighted by atomic mass is 19.1. The lowest BCUT2D eigenvalue weighted by molar-refractivity contribution is -0.115. The van der Waals surface area contributed by atoms with Gasteiger partial charge in [0.05, 0.1) is 18.5 Å². The zero-order chi connectivity index (χ0) is 14.3. The van der Waals surface area contributed by atoms with Gasteiger partial charge >= 0.3 is 0 Å². The largest absolute Gasteiger partial charge is 0.497 e.